The zero-order valence-corrected chi connectivity index (χ0v) is 20.0. The van der Waals surface area contributed by atoms with E-state index in [1.54, 1.807) is 14.2 Å². The molecular weight excluding hydrogens is 426 g/mol. The summed E-state index contributed by atoms with van der Waals surface area (Å²) in [5.41, 5.74) is 2.19. The van der Waals surface area contributed by atoms with E-state index >= 15 is 0 Å². The number of anilines is 1. The van der Waals surface area contributed by atoms with Crippen molar-refractivity contribution in [3.8, 4) is 11.5 Å². The van der Waals surface area contributed by atoms with Crippen LogP contribution in [0.4, 0.5) is 5.69 Å². The van der Waals surface area contributed by atoms with Crippen molar-refractivity contribution in [1.82, 2.24) is 10.2 Å². The van der Waals surface area contributed by atoms with Gasteiger partial charge in [-0.05, 0) is 37.6 Å². The van der Waals surface area contributed by atoms with Gasteiger partial charge in [0.1, 0.15) is 11.5 Å². The molecule has 6 nitrogen and oxygen atoms in total. The Morgan fingerprint density at radius 2 is 1.53 bits per heavy atom. The number of unbranched alkanes of at least 4 members (excludes halogenated alkanes) is 2. The zero-order valence-electron chi connectivity index (χ0n) is 19.2. The first-order valence-corrected chi connectivity index (χ1v) is 11.2. The predicted octanol–water partition coefficient (Wildman–Crippen LogP) is 4.12. The second-order valence-corrected chi connectivity index (χ2v) is 7.90. The summed E-state index contributed by atoms with van der Waals surface area (Å²) in [5, 5.41) is 3.00. The average Bonchev–Trinajstić information content (AvgIpc) is 2.83. The van der Waals surface area contributed by atoms with Crippen LogP contribution in [0.1, 0.15) is 31.2 Å². The second-order valence-electron chi connectivity index (χ2n) is 7.90. The second kappa shape index (κ2) is 13.9. The normalized spacial score (nSPS) is 13.9. The van der Waals surface area contributed by atoms with Crippen LogP contribution >= 0.6 is 12.4 Å². The van der Waals surface area contributed by atoms with Crippen molar-refractivity contribution in [3.05, 3.63) is 54.1 Å². The highest BCUT2D eigenvalue weighted by Crippen LogP contribution is 2.28. The molecule has 7 heteroatoms. The molecule has 0 spiro atoms. The molecule has 2 aromatic carbocycles. The molecule has 0 aromatic heterocycles. The Hall–Kier alpha value is -2.44. The summed E-state index contributed by atoms with van der Waals surface area (Å²) in [5.74, 6) is 1.87. The van der Waals surface area contributed by atoms with E-state index in [0.29, 0.717) is 13.0 Å². The first kappa shape index (κ1) is 25.8. The number of nitrogens with one attached hydrogen (secondary N) is 1. The van der Waals surface area contributed by atoms with Gasteiger partial charge < -0.3 is 19.7 Å². The number of para-hydroxylation sites is 3. The lowest BCUT2D eigenvalue weighted by atomic mass is 10.1. The predicted molar refractivity (Wildman–Crippen MR) is 132 cm³/mol. The first-order chi connectivity index (χ1) is 15.2. The maximum Gasteiger partial charge on any atom is 0.220 e. The van der Waals surface area contributed by atoms with Crippen molar-refractivity contribution >= 4 is 24.0 Å². The fourth-order valence-electron chi connectivity index (χ4n) is 4.03. The van der Waals surface area contributed by atoms with Gasteiger partial charge in [-0.15, -0.1) is 12.4 Å². The van der Waals surface area contributed by atoms with Crippen LogP contribution < -0.4 is 19.7 Å². The molecule has 32 heavy (non-hydrogen) atoms. The summed E-state index contributed by atoms with van der Waals surface area (Å²) in [7, 11) is 3.38. The van der Waals surface area contributed by atoms with Crippen molar-refractivity contribution in [1.29, 1.82) is 0 Å². The van der Waals surface area contributed by atoms with Gasteiger partial charge in [-0.2, -0.15) is 0 Å². The number of halogens is 1. The van der Waals surface area contributed by atoms with Crippen molar-refractivity contribution < 1.29 is 14.3 Å². The molecule has 0 atom stereocenters. The van der Waals surface area contributed by atoms with E-state index < -0.39 is 0 Å². The Balaban J connectivity index is 0.00000363. The van der Waals surface area contributed by atoms with E-state index in [1.165, 1.54) is 5.69 Å². The lowest BCUT2D eigenvalue weighted by Crippen LogP contribution is -2.46. The molecule has 1 heterocycles. The third kappa shape index (κ3) is 7.61. The average molecular weight is 462 g/mol. The van der Waals surface area contributed by atoms with Crippen molar-refractivity contribution in [2.24, 2.45) is 0 Å². The molecule has 1 amide bonds. The van der Waals surface area contributed by atoms with Gasteiger partial charge >= 0.3 is 0 Å². The highest BCUT2D eigenvalue weighted by Gasteiger charge is 2.19. The number of nitrogens with zero attached hydrogens (tertiary/aromatic N) is 2. The Morgan fingerprint density at radius 3 is 2.25 bits per heavy atom. The molecule has 1 fully saturated rings. The summed E-state index contributed by atoms with van der Waals surface area (Å²) >= 11 is 0. The molecule has 1 saturated heterocycles. The molecule has 176 valence electrons. The fraction of sp³-hybridized carbons (Fsp3) is 0.480. The minimum Gasteiger partial charge on any atom is -0.496 e. The summed E-state index contributed by atoms with van der Waals surface area (Å²) in [6.07, 6.45) is 3.72. The van der Waals surface area contributed by atoms with Gasteiger partial charge in [-0.1, -0.05) is 36.8 Å². The third-order valence-corrected chi connectivity index (χ3v) is 5.84. The van der Waals surface area contributed by atoms with Crippen LogP contribution in [0.25, 0.3) is 0 Å². The van der Waals surface area contributed by atoms with E-state index in [0.717, 1.165) is 69.0 Å². The maximum atomic E-state index is 12.1. The van der Waals surface area contributed by atoms with E-state index in [4.69, 9.17) is 9.47 Å². The van der Waals surface area contributed by atoms with Crippen LogP contribution in [0.15, 0.2) is 48.5 Å². The van der Waals surface area contributed by atoms with E-state index in [2.05, 4.69) is 27.2 Å². The number of carbonyl (C=O) groups excluding carboxylic acids is 1. The van der Waals surface area contributed by atoms with Gasteiger partial charge in [0.2, 0.25) is 5.91 Å². The number of carbonyl (C=O) groups is 1. The SMILES string of the molecule is COc1ccccc1CNC(=O)CCCCCN1CCN(c2ccccc2OC)CC1.Cl. The van der Waals surface area contributed by atoms with Gasteiger partial charge in [0.25, 0.3) is 0 Å². The minimum atomic E-state index is 0. The van der Waals surface area contributed by atoms with Crippen molar-refractivity contribution in [2.75, 3.05) is 51.8 Å². The molecule has 2 aromatic rings. The topological polar surface area (TPSA) is 54.0 Å². The Labute approximate surface area is 198 Å². The van der Waals surface area contributed by atoms with Crippen LogP contribution in [0.3, 0.4) is 0 Å². The maximum absolute atomic E-state index is 12.1. The smallest absolute Gasteiger partial charge is 0.220 e. The molecular formula is C25H36ClN3O3. The largest absolute Gasteiger partial charge is 0.496 e. The number of hydrogen-bond donors (Lipinski definition) is 1. The number of methoxy groups -OCH3 is 2. The number of piperazine rings is 1. The number of hydrogen-bond acceptors (Lipinski definition) is 5. The standard InChI is InChI=1S/C25H35N3O3.ClH/c1-30-23-12-7-5-10-21(23)20-26-25(29)14-4-3-9-15-27-16-18-28(19-17-27)22-11-6-8-13-24(22)31-2;/h5-8,10-13H,3-4,9,14-20H2,1-2H3,(H,26,29);1H. The van der Waals surface area contributed by atoms with Gasteiger partial charge in [0.05, 0.1) is 19.9 Å². The summed E-state index contributed by atoms with van der Waals surface area (Å²) in [4.78, 5) is 17.1. The Morgan fingerprint density at radius 1 is 0.875 bits per heavy atom. The molecule has 0 saturated carbocycles. The molecule has 1 aliphatic heterocycles. The van der Waals surface area contributed by atoms with Crippen LogP contribution in [-0.2, 0) is 11.3 Å². The van der Waals surface area contributed by atoms with Gasteiger partial charge in [0, 0.05) is 44.7 Å². The summed E-state index contributed by atoms with van der Waals surface area (Å²) in [6.45, 7) is 5.79. The van der Waals surface area contributed by atoms with Gasteiger partial charge in [0.15, 0.2) is 0 Å². The lowest BCUT2D eigenvalue weighted by Gasteiger charge is -2.36. The molecule has 3 rings (SSSR count). The molecule has 0 radical (unpaired) electrons. The lowest BCUT2D eigenvalue weighted by molar-refractivity contribution is -0.121. The quantitative estimate of drug-likeness (QED) is 0.510. The molecule has 0 unspecified atom stereocenters. The zero-order chi connectivity index (χ0) is 21.9. The van der Waals surface area contributed by atoms with Crippen LogP contribution in [0.2, 0.25) is 0 Å². The van der Waals surface area contributed by atoms with Crippen molar-refractivity contribution in [3.63, 3.8) is 0 Å². The van der Waals surface area contributed by atoms with Gasteiger partial charge in [-0.3, -0.25) is 9.69 Å². The molecule has 0 bridgehead atoms. The first-order valence-electron chi connectivity index (χ1n) is 11.2. The number of benzene rings is 2. The number of amides is 1. The monoisotopic (exact) mass is 461 g/mol. The Bertz CT molecular complexity index is 826. The highest BCUT2D eigenvalue weighted by molar-refractivity contribution is 5.85. The molecule has 1 N–H and O–H groups in total. The van der Waals surface area contributed by atoms with Crippen LogP contribution in [0.5, 0.6) is 11.5 Å². The van der Waals surface area contributed by atoms with Crippen molar-refractivity contribution in [2.45, 2.75) is 32.2 Å². The fourth-order valence-corrected chi connectivity index (χ4v) is 4.03. The summed E-state index contributed by atoms with van der Waals surface area (Å²) in [6, 6.07) is 16.0. The summed E-state index contributed by atoms with van der Waals surface area (Å²) < 4.78 is 10.8. The van der Waals surface area contributed by atoms with Crippen LogP contribution in [-0.4, -0.2) is 57.8 Å². The Kier molecular flexibility index (Phi) is 11.2. The van der Waals surface area contributed by atoms with E-state index in [9.17, 15) is 4.79 Å². The highest BCUT2D eigenvalue weighted by atomic mass is 35.5. The number of rotatable bonds is 11. The molecule has 0 aliphatic carbocycles. The van der Waals surface area contributed by atoms with Crippen LogP contribution in [0, 0.1) is 0 Å². The number of ether oxygens (including phenoxy) is 2. The van der Waals surface area contributed by atoms with E-state index in [-0.39, 0.29) is 18.3 Å². The van der Waals surface area contributed by atoms with E-state index in [1.807, 2.05) is 36.4 Å². The minimum absolute atomic E-state index is 0. The molecule has 1 aliphatic rings. The third-order valence-electron chi connectivity index (χ3n) is 5.84. The van der Waals surface area contributed by atoms with Gasteiger partial charge in [-0.25, -0.2) is 0 Å².